The summed E-state index contributed by atoms with van der Waals surface area (Å²) in [5, 5.41) is 0. The van der Waals surface area contributed by atoms with Gasteiger partial charge in [-0.1, -0.05) is 19.1 Å². The summed E-state index contributed by atoms with van der Waals surface area (Å²) in [5.41, 5.74) is 6.53. The number of aromatic nitrogens is 3. The van der Waals surface area contributed by atoms with Crippen LogP contribution in [-0.4, -0.2) is 15.0 Å². The molecule has 0 spiro atoms. The van der Waals surface area contributed by atoms with Gasteiger partial charge in [0.2, 0.25) is 5.95 Å². The Morgan fingerprint density at radius 1 is 1.06 bits per heavy atom. The van der Waals surface area contributed by atoms with E-state index < -0.39 is 0 Å². The van der Waals surface area contributed by atoms with Crippen LogP contribution >= 0.6 is 0 Å². The van der Waals surface area contributed by atoms with Gasteiger partial charge in [-0.15, -0.1) is 0 Å². The van der Waals surface area contributed by atoms with E-state index in [2.05, 4.69) is 15.0 Å². The van der Waals surface area contributed by atoms with E-state index in [1.165, 1.54) is 12.1 Å². The van der Waals surface area contributed by atoms with Crippen molar-refractivity contribution in [3.8, 4) is 0 Å². The molecule has 0 fully saturated rings. The van der Waals surface area contributed by atoms with E-state index in [0.29, 0.717) is 24.5 Å². The van der Waals surface area contributed by atoms with Gasteiger partial charge in [0.05, 0.1) is 0 Å². The largest absolute Gasteiger partial charge is 0.368 e. The van der Waals surface area contributed by atoms with Crippen molar-refractivity contribution in [3.05, 3.63) is 47.3 Å². The maximum atomic E-state index is 12.7. The van der Waals surface area contributed by atoms with Crippen LogP contribution in [0, 0.1) is 5.82 Å². The number of nitrogen functional groups attached to an aromatic ring is 1. The first-order valence-electron chi connectivity index (χ1n) is 5.41. The number of benzene rings is 1. The van der Waals surface area contributed by atoms with Gasteiger partial charge >= 0.3 is 0 Å². The molecule has 2 N–H and O–H groups in total. The average molecular weight is 232 g/mol. The third-order valence-corrected chi connectivity index (χ3v) is 2.34. The normalized spacial score (nSPS) is 10.5. The smallest absolute Gasteiger partial charge is 0.223 e. The van der Waals surface area contributed by atoms with Gasteiger partial charge in [-0.3, -0.25) is 0 Å². The molecule has 1 heterocycles. The lowest BCUT2D eigenvalue weighted by molar-refractivity contribution is 0.627. The zero-order chi connectivity index (χ0) is 12.3. The van der Waals surface area contributed by atoms with Gasteiger partial charge in [-0.2, -0.15) is 9.97 Å². The molecule has 5 heteroatoms. The van der Waals surface area contributed by atoms with Crippen molar-refractivity contribution in [2.24, 2.45) is 0 Å². The average Bonchev–Trinajstić information content (AvgIpc) is 2.31. The number of nitrogens with two attached hydrogens (primary N) is 1. The molecule has 0 aliphatic rings. The number of nitrogens with zero attached hydrogens (tertiary/aromatic N) is 3. The summed E-state index contributed by atoms with van der Waals surface area (Å²) in [7, 11) is 0. The molecule has 0 unspecified atom stereocenters. The third-order valence-electron chi connectivity index (χ3n) is 2.34. The van der Waals surface area contributed by atoms with Gasteiger partial charge in [0.1, 0.15) is 17.5 Å². The molecule has 0 atom stereocenters. The van der Waals surface area contributed by atoms with Gasteiger partial charge in [0.15, 0.2) is 0 Å². The summed E-state index contributed by atoms with van der Waals surface area (Å²) in [6.07, 6.45) is 1.24. The molecule has 2 aromatic rings. The van der Waals surface area contributed by atoms with Crippen molar-refractivity contribution >= 4 is 5.95 Å². The zero-order valence-corrected chi connectivity index (χ0v) is 9.52. The third kappa shape index (κ3) is 2.96. The summed E-state index contributed by atoms with van der Waals surface area (Å²) in [4.78, 5) is 12.3. The SMILES string of the molecule is CCc1nc(N)nc(Cc2ccc(F)cc2)n1. The van der Waals surface area contributed by atoms with Crippen molar-refractivity contribution in [3.63, 3.8) is 0 Å². The quantitative estimate of drug-likeness (QED) is 0.875. The fraction of sp³-hybridized carbons (Fsp3) is 0.250. The molecule has 0 amide bonds. The van der Waals surface area contributed by atoms with Crippen LogP contribution < -0.4 is 5.73 Å². The van der Waals surface area contributed by atoms with Gasteiger partial charge in [-0.25, -0.2) is 9.37 Å². The molecule has 0 radical (unpaired) electrons. The van der Waals surface area contributed by atoms with Gasteiger partial charge in [-0.05, 0) is 17.7 Å². The molecule has 17 heavy (non-hydrogen) atoms. The van der Waals surface area contributed by atoms with E-state index in [9.17, 15) is 4.39 Å². The lowest BCUT2D eigenvalue weighted by atomic mass is 10.1. The molecular formula is C12H13FN4. The molecule has 0 bridgehead atoms. The lowest BCUT2D eigenvalue weighted by Crippen LogP contribution is -2.07. The van der Waals surface area contributed by atoms with Crippen LogP contribution in [0.15, 0.2) is 24.3 Å². The molecule has 1 aromatic carbocycles. The minimum absolute atomic E-state index is 0.231. The molecule has 4 nitrogen and oxygen atoms in total. The Morgan fingerprint density at radius 2 is 1.71 bits per heavy atom. The van der Waals surface area contributed by atoms with Crippen LogP contribution in [-0.2, 0) is 12.8 Å². The second kappa shape index (κ2) is 4.86. The molecule has 0 saturated heterocycles. The predicted molar refractivity (Wildman–Crippen MR) is 62.8 cm³/mol. The topological polar surface area (TPSA) is 64.7 Å². The minimum Gasteiger partial charge on any atom is -0.368 e. The van der Waals surface area contributed by atoms with E-state index in [1.54, 1.807) is 12.1 Å². The predicted octanol–water partition coefficient (Wildman–Crippen LogP) is 1.75. The standard InChI is InChI=1S/C12H13FN4/c1-2-10-15-11(17-12(14)16-10)7-8-3-5-9(13)6-4-8/h3-6H,2,7H2,1H3,(H2,14,15,16,17). The highest BCUT2D eigenvalue weighted by Crippen LogP contribution is 2.08. The van der Waals surface area contributed by atoms with E-state index >= 15 is 0 Å². The van der Waals surface area contributed by atoms with Gasteiger partial charge < -0.3 is 5.73 Å². The van der Waals surface area contributed by atoms with Gasteiger partial charge in [0, 0.05) is 12.8 Å². The first kappa shape index (κ1) is 11.4. The number of anilines is 1. The molecule has 88 valence electrons. The minimum atomic E-state index is -0.252. The summed E-state index contributed by atoms with van der Waals surface area (Å²) >= 11 is 0. The number of hydrogen-bond donors (Lipinski definition) is 1. The second-order valence-electron chi connectivity index (χ2n) is 3.68. The Labute approximate surface area is 98.7 Å². The molecular weight excluding hydrogens is 219 g/mol. The maximum Gasteiger partial charge on any atom is 0.223 e. The van der Waals surface area contributed by atoms with Crippen LogP contribution in [0.4, 0.5) is 10.3 Å². The van der Waals surface area contributed by atoms with Crippen molar-refractivity contribution in [2.45, 2.75) is 19.8 Å². The van der Waals surface area contributed by atoms with Crippen molar-refractivity contribution < 1.29 is 4.39 Å². The molecule has 0 saturated carbocycles. The Bertz CT molecular complexity index is 510. The summed E-state index contributed by atoms with van der Waals surface area (Å²) in [6, 6.07) is 6.25. The fourth-order valence-electron chi connectivity index (χ4n) is 1.51. The molecule has 0 aliphatic heterocycles. The summed E-state index contributed by atoms with van der Waals surface area (Å²) in [5.74, 6) is 1.27. The Morgan fingerprint density at radius 3 is 2.35 bits per heavy atom. The number of halogens is 1. The van der Waals surface area contributed by atoms with Gasteiger partial charge in [0.25, 0.3) is 0 Å². The van der Waals surface area contributed by atoms with E-state index in [0.717, 1.165) is 5.56 Å². The van der Waals surface area contributed by atoms with E-state index in [4.69, 9.17) is 5.73 Å². The highest BCUT2D eigenvalue weighted by atomic mass is 19.1. The van der Waals surface area contributed by atoms with Crippen LogP contribution in [0.2, 0.25) is 0 Å². The molecule has 0 aliphatic carbocycles. The fourth-order valence-corrected chi connectivity index (χ4v) is 1.51. The Hall–Kier alpha value is -2.04. The highest BCUT2D eigenvalue weighted by Gasteiger charge is 2.04. The van der Waals surface area contributed by atoms with Crippen molar-refractivity contribution in [1.29, 1.82) is 0 Å². The zero-order valence-electron chi connectivity index (χ0n) is 9.52. The highest BCUT2D eigenvalue weighted by molar-refractivity contribution is 5.22. The number of rotatable bonds is 3. The first-order valence-corrected chi connectivity index (χ1v) is 5.41. The van der Waals surface area contributed by atoms with Crippen LogP contribution in [0.3, 0.4) is 0 Å². The number of hydrogen-bond acceptors (Lipinski definition) is 4. The molecule has 2 rings (SSSR count). The maximum absolute atomic E-state index is 12.7. The van der Waals surface area contributed by atoms with E-state index in [-0.39, 0.29) is 11.8 Å². The monoisotopic (exact) mass is 232 g/mol. The molecule has 1 aromatic heterocycles. The van der Waals surface area contributed by atoms with Crippen molar-refractivity contribution in [2.75, 3.05) is 5.73 Å². The van der Waals surface area contributed by atoms with Crippen LogP contribution in [0.1, 0.15) is 24.1 Å². The second-order valence-corrected chi connectivity index (χ2v) is 3.68. The van der Waals surface area contributed by atoms with Crippen LogP contribution in [0.25, 0.3) is 0 Å². The summed E-state index contributed by atoms with van der Waals surface area (Å²) < 4.78 is 12.7. The Kier molecular flexibility index (Phi) is 3.27. The first-order chi connectivity index (χ1) is 8.17. The summed E-state index contributed by atoms with van der Waals surface area (Å²) in [6.45, 7) is 1.95. The van der Waals surface area contributed by atoms with E-state index in [1.807, 2.05) is 6.92 Å². The van der Waals surface area contributed by atoms with Crippen molar-refractivity contribution in [1.82, 2.24) is 15.0 Å². The lowest BCUT2D eigenvalue weighted by Gasteiger charge is -2.03. The Balaban J connectivity index is 2.23. The number of aryl methyl sites for hydroxylation is 1. The van der Waals surface area contributed by atoms with Crippen LogP contribution in [0.5, 0.6) is 0 Å².